The highest BCUT2D eigenvalue weighted by Crippen LogP contribution is 2.45. The number of phenols is 1. The Balaban J connectivity index is 2.06. The van der Waals surface area contributed by atoms with E-state index in [1.165, 1.54) is 12.3 Å². The molecule has 2 aliphatic rings. The van der Waals surface area contributed by atoms with E-state index < -0.39 is 11.4 Å². The van der Waals surface area contributed by atoms with Crippen molar-refractivity contribution in [3.63, 3.8) is 0 Å². The molecule has 1 aromatic carbocycles. The molecule has 0 radical (unpaired) electrons. The Morgan fingerprint density at radius 3 is 2.76 bits per heavy atom. The van der Waals surface area contributed by atoms with Gasteiger partial charge in [-0.3, -0.25) is 4.79 Å². The van der Waals surface area contributed by atoms with Crippen LogP contribution in [0.25, 0.3) is 10.9 Å². The highest BCUT2D eigenvalue weighted by atomic mass is 16.5. The standard InChI is InChI=1S/C17H19N3O5/c1-9-8-25-16-13-10(15(22)11(17(23)24)7-20(9)13)6-12(21)14(16)19-4-2-18-3-5-19/h6-7,9,18,21H,2-5,8H2,1H3,(H,23,24). The van der Waals surface area contributed by atoms with Crippen LogP contribution in [-0.2, 0) is 0 Å². The third kappa shape index (κ3) is 2.32. The summed E-state index contributed by atoms with van der Waals surface area (Å²) >= 11 is 0. The van der Waals surface area contributed by atoms with Crippen molar-refractivity contribution in [3.8, 4) is 11.5 Å². The molecule has 0 bridgehead atoms. The second-order valence-corrected chi connectivity index (χ2v) is 6.45. The number of pyridine rings is 1. The lowest BCUT2D eigenvalue weighted by Crippen LogP contribution is -2.44. The Labute approximate surface area is 143 Å². The van der Waals surface area contributed by atoms with Gasteiger partial charge in [-0.25, -0.2) is 4.79 Å². The first-order valence-corrected chi connectivity index (χ1v) is 8.25. The summed E-state index contributed by atoms with van der Waals surface area (Å²) in [5, 5.41) is 23.3. The molecule has 0 spiro atoms. The Morgan fingerprint density at radius 1 is 1.36 bits per heavy atom. The van der Waals surface area contributed by atoms with E-state index in [1.807, 2.05) is 11.8 Å². The van der Waals surface area contributed by atoms with Gasteiger partial charge in [-0.05, 0) is 13.0 Å². The van der Waals surface area contributed by atoms with Crippen LogP contribution in [0.2, 0.25) is 0 Å². The van der Waals surface area contributed by atoms with Crippen LogP contribution in [0.1, 0.15) is 23.3 Å². The van der Waals surface area contributed by atoms with Crippen LogP contribution in [0.3, 0.4) is 0 Å². The van der Waals surface area contributed by atoms with Gasteiger partial charge >= 0.3 is 5.97 Å². The molecule has 1 fully saturated rings. The molecule has 0 amide bonds. The quantitative estimate of drug-likeness (QED) is 0.738. The second kappa shape index (κ2) is 5.66. The van der Waals surface area contributed by atoms with Crippen LogP contribution in [0.4, 0.5) is 5.69 Å². The first-order chi connectivity index (χ1) is 12.0. The lowest BCUT2D eigenvalue weighted by Gasteiger charge is -2.34. The predicted molar refractivity (Wildman–Crippen MR) is 92.1 cm³/mol. The number of benzene rings is 1. The van der Waals surface area contributed by atoms with Crippen molar-refractivity contribution in [2.24, 2.45) is 0 Å². The largest absolute Gasteiger partial charge is 0.506 e. The first-order valence-electron chi connectivity index (χ1n) is 8.25. The molecule has 8 nitrogen and oxygen atoms in total. The molecule has 3 heterocycles. The number of hydrogen-bond acceptors (Lipinski definition) is 6. The lowest BCUT2D eigenvalue weighted by atomic mass is 10.0. The fourth-order valence-corrected chi connectivity index (χ4v) is 3.58. The fourth-order valence-electron chi connectivity index (χ4n) is 3.58. The number of nitrogens with zero attached hydrogens (tertiary/aromatic N) is 2. The molecule has 1 saturated heterocycles. The smallest absolute Gasteiger partial charge is 0.341 e. The zero-order valence-corrected chi connectivity index (χ0v) is 13.8. The molecule has 4 rings (SSSR count). The summed E-state index contributed by atoms with van der Waals surface area (Å²) in [5.41, 5.74) is 0.193. The Bertz CT molecular complexity index is 930. The minimum absolute atomic E-state index is 0.0647. The monoisotopic (exact) mass is 345 g/mol. The highest BCUT2D eigenvalue weighted by molar-refractivity contribution is 5.99. The molecular formula is C17H19N3O5. The van der Waals surface area contributed by atoms with Crippen molar-refractivity contribution in [2.45, 2.75) is 13.0 Å². The van der Waals surface area contributed by atoms with Crippen LogP contribution < -0.4 is 20.4 Å². The van der Waals surface area contributed by atoms with E-state index in [1.54, 1.807) is 4.57 Å². The molecule has 1 unspecified atom stereocenters. The summed E-state index contributed by atoms with van der Waals surface area (Å²) in [5.74, 6) is -0.893. The van der Waals surface area contributed by atoms with Gasteiger partial charge in [0.2, 0.25) is 5.43 Å². The van der Waals surface area contributed by atoms with Crippen molar-refractivity contribution < 1.29 is 19.7 Å². The maximum atomic E-state index is 12.6. The SMILES string of the molecule is CC1COc2c(N3CCNCC3)c(O)cc3c(=O)c(C(=O)O)cn1c23. The summed E-state index contributed by atoms with van der Waals surface area (Å²) in [6, 6.07) is 1.25. The maximum absolute atomic E-state index is 12.6. The third-order valence-electron chi connectivity index (χ3n) is 4.83. The first kappa shape index (κ1) is 15.8. The predicted octanol–water partition coefficient (Wildman–Crippen LogP) is 0.768. The average Bonchev–Trinajstić information content (AvgIpc) is 2.60. The van der Waals surface area contributed by atoms with E-state index in [-0.39, 0.29) is 22.7 Å². The number of nitrogens with one attached hydrogen (secondary N) is 1. The number of aromatic carboxylic acids is 1. The molecule has 132 valence electrons. The highest BCUT2D eigenvalue weighted by Gasteiger charge is 2.30. The molecule has 0 saturated carbocycles. The van der Waals surface area contributed by atoms with Gasteiger partial charge in [0.05, 0.1) is 16.9 Å². The van der Waals surface area contributed by atoms with E-state index >= 15 is 0 Å². The van der Waals surface area contributed by atoms with Gasteiger partial charge < -0.3 is 29.7 Å². The zero-order chi connectivity index (χ0) is 17.7. The van der Waals surface area contributed by atoms with E-state index in [0.29, 0.717) is 36.6 Å². The Hall–Kier alpha value is -2.74. The van der Waals surface area contributed by atoms with Gasteiger partial charge in [-0.1, -0.05) is 0 Å². The van der Waals surface area contributed by atoms with Crippen LogP contribution in [0.15, 0.2) is 17.1 Å². The minimum atomic E-state index is -1.28. The van der Waals surface area contributed by atoms with Crippen LogP contribution >= 0.6 is 0 Å². The number of carbonyl (C=O) groups is 1. The maximum Gasteiger partial charge on any atom is 0.341 e. The molecular weight excluding hydrogens is 326 g/mol. The summed E-state index contributed by atoms with van der Waals surface area (Å²) in [7, 11) is 0. The van der Waals surface area contributed by atoms with Gasteiger partial charge in [0.25, 0.3) is 0 Å². The average molecular weight is 345 g/mol. The van der Waals surface area contributed by atoms with E-state index in [9.17, 15) is 19.8 Å². The Kier molecular flexibility index (Phi) is 3.57. The number of aromatic nitrogens is 1. The summed E-state index contributed by atoms with van der Waals surface area (Å²) in [6.07, 6.45) is 1.38. The summed E-state index contributed by atoms with van der Waals surface area (Å²) in [6.45, 7) is 5.24. The van der Waals surface area contributed by atoms with Crippen LogP contribution in [-0.4, -0.2) is 53.5 Å². The van der Waals surface area contributed by atoms with Crippen LogP contribution in [0.5, 0.6) is 11.5 Å². The number of aromatic hydroxyl groups is 1. The number of rotatable bonds is 2. The normalized spacial score (nSPS) is 19.7. The lowest BCUT2D eigenvalue weighted by molar-refractivity contribution is 0.0694. The molecule has 2 aromatic rings. The molecule has 2 aliphatic heterocycles. The Morgan fingerprint density at radius 2 is 2.08 bits per heavy atom. The second-order valence-electron chi connectivity index (χ2n) is 6.45. The van der Waals surface area contributed by atoms with Gasteiger partial charge in [-0.2, -0.15) is 0 Å². The van der Waals surface area contributed by atoms with Gasteiger partial charge in [0, 0.05) is 32.4 Å². The van der Waals surface area contributed by atoms with Crippen molar-refractivity contribution >= 4 is 22.6 Å². The number of anilines is 1. The topological polar surface area (TPSA) is 104 Å². The number of carboxylic acid groups (broad SMARTS) is 1. The number of phenolic OH excluding ortho intramolecular Hbond substituents is 1. The molecule has 3 N–H and O–H groups in total. The number of ether oxygens (including phenoxy) is 1. The minimum Gasteiger partial charge on any atom is -0.506 e. The molecule has 8 heteroatoms. The molecule has 1 aromatic heterocycles. The summed E-state index contributed by atoms with van der Waals surface area (Å²) < 4.78 is 7.67. The number of carboxylic acids is 1. The van der Waals surface area contributed by atoms with Gasteiger partial charge in [0.1, 0.15) is 23.6 Å². The molecule has 1 atom stereocenters. The van der Waals surface area contributed by atoms with E-state index in [0.717, 1.165) is 13.1 Å². The van der Waals surface area contributed by atoms with E-state index in [4.69, 9.17) is 4.74 Å². The zero-order valence-electron chi connectivity index (χ0n) is 13.8. The van der Waals surface area contributed by atoms with Crippen LogP contribution in [0, 0.1) is 0 Å². The van der Waals surface area contributed by atoms with Gasteiger partial charge in [-0.15, -0.1) is 0 Å². The fraction of sp³-hybridized carbons (Fsp3) is 0.412. The summed E-state index contributed by atoms with van der Waals surface area (Å²) in [4.78, 5) is 26.0. The molecule has 0 aliphatic carbocycles. The van der Waals surface area contributed by atoms with E-state index in [2.05, 4.69) is 5.32 Å². The van der Waals surface area contributed by atoms with Crippen molar-refractivity contribution in [1.29, 1.82) is 0 Å². The van der Waals surface area contributed by atoms with Gasteiger partial charge in [0.15, 0.2) is 5.75 Å². The van der Waals surface area contributed by atoms with Crippen molar-refractivity contribution in [1.82, 2.24) is 9.88 Å². The number of piperazine rings is 1. The van der Waals surface area contributed by atoms with Crippen molar-refractivity contribution in [2.75, 3.05) is 37.7 Å². The third-order valence-corrected chi connectivity index (χ3v) is 4.83. The van der Waals surface area contributed by atoms with Crippen molar-refractivity contribution in [3.05, 3.63) is 28.0 Å². The molecule has 25 heavy (non-hydrogen) atoms. The number of hydrogen-bond donors (Lipinski definition) is 3.